The first-order valence-corrected chi connectivity index (χ1v) is 14.6. The Bertz CT molecular complexity index is 2330. The van der Waals surface area contributed by atoms with E-state index in [0.29, 0.717) is 5.56 Å². The molecule has 0 aliphatic rings. The van der Waals surface area contributed by atoms with Gasteiger partial charge in [0.05, 0.1) is 13.1 Å². The largest absolute Gasteiger partial charge is 0.573 e. The van der Waals surface area contributed by atoms with E-state index in [1.807, 2.05) is 0 Å². The first-order chi connectivity index (χ1) is 24.7. The van der Waals surface area contributed by atoms with E-state index >= 15 is 0 Å². The molecule has 0 N–H and O–H groups in total. The molecule has 0 aliphatic heterocycles. The van der Waals surface area contributed by atoms with E-state index < -0.39 is 59.0 Å². The Morgan fingerprint density at radius 1 is 0.660 bits per heavy atom. The minimum Gasteiger partial charge on any atom is -0.406 e. The molecule has 4 heterocycles. The monoisotopic (exact) mass is 778 g/mol. The maximum absolute atomic E-state index is 13.8. The van der Waals surface area contributed by atoms with Crippen molar-refractivity contribution in [2.45, 2.75) is 31.8 Å². The number of nitrogens with zero attached hydrogens (tertiary/aromatic N) is 6. The van der Waals surface area contributed by atoms with Gasteiger partial charge in [-0.3, -0.25) is 9.59 Å². The zero-order valence-electron chi connectivity index (χ0n) is 25.8. The molecule has 22 heteroatoms. The number of aromatic nitrogens is 6. The van der Waals surface area contributed by atoms with Crippen LogP contribution in [0, 0.1) is 5.82 Å². The predicted molar refractivity (Wildman–Crippen MR) is 161 cm³/mol. The fourth-order valence-electron chi connectivity index (χ4n) is 4.29. The van der Waals surface area contributed by atoms with Crippen LogP contribution in [-0.4, -0.2) is 35.8 Å². The molecule has 53 heavy (non-hydrogen) atoms. The molecule has 6 rings (SSSR count). The number of hydrogen-bond donors (Lipinski definition) is 0. The molecular weight excluding hydrogens is 762 g/mol. The summed E-state index contributed by atoms with van der Waals surface area (Å²) in [6.45, 7) is -0.0480. The van der Waals surface area contributed by atoms with Crippen molar-refractivity contribution in [1.29, 1.82) is 0 Å². The third-order valence-corrected chi connectivity index (χ3v) is 6.95. The Morgan fingerprint density at radius 2 is 1.15 bits per heavy atom. The van der Waals surface area contributed by atoms with Crippen LogP contribution >= 0.6 is 11.6 Å². The molecule has 0 bridgehead atoms. The standard InChI is InChI=1S/C16H9F6N3O3.C15H8ClF4N3O2/c17-15(18,19)14-23-13(24-28-14)10-5-6-25(12(26)7-10)8-9-1-3-11(4-2-9)27-16(20,21)22;16-10-2-1-9(11(17)6-10)7-23-4-3-8(5-12(23)24)13-21-14(25-22-13)15(18,19)20/h1-7H,8H2;1-6H,7H2. The van der Waals surface area contributed by atoms with E-state index in [1.54, 1.807) is 0 Å². The molecule has 0 aliphatic carbocycles. The summed E-state index contributed by atoms with van der Waals surface area (Å²) in [5.74, 6) is -4.78. The number of rotatable bonds is 7. The summed E-state index contributed by atoms with van der Waals surface area (Å²) in [6.07, 6.45) is -11.8. The molecule has 0 fully saturated rings. The van der Waals surface area contributed by atoms with Crippen molar-refractivity contribution in [3.8, 4) is 28.5 Å². The molecule has 0 amide bonds. The van der Waals surface area contributed by atoms with Gasteiger partial charge >= 0.3 is 30.5 Å². The average Bonchev–Trinajstić information content (AvgIpc) is 3.76. The highest BCUT2D eigenvalue weighted by Gasteiger charge is 2.39. The molecule has 2 aromatic carbocycles. The summed E-state index contributed by atoms with van der Waals surface area (Å²) >= 11 is 5.66. The van der Waals surface area contributed by atoms with Gasteiger partial charge in [0.1, 0.15) is 11.6 Å². The molecule has 0 saturated heterocycles. The second kappa shape index (κ2) is 14.9. The number of benzene rings is 2. The predicted octanol–water partition coefficient (Wildman–Crippen LogP) is 7.62. The Balaban J connectivity index is 0.000000206. The van der Waals surface area contributed by atoms with Crippen LogP contribution in [-0.2, 0) is 25.4 Å². The molecular formula is C31H17ClF10N6O5. The summed E-state index contributed by atoms with van der Waals surface area (Å²) in [5.41, 5.74) is -0.329. The summed E-state index contributed by atoms with van der Waals surface area (Å²) in [6, 6.07) is 13.6. The Hall–Kier alpha value is -5.99. The Kier molecular flexibility index (Phi) is 10.8. The summed E-state index contributed by atoms with van der Waals surface area (Å²) in [4.78, 5) is 30.7. The fourth-order valence-corrected chi connectivity index (χ4v) is 4.45. The quantitative estimate of drug-likeness (QED) is 0.150. The van der Waals surface area contributed by atoms with Crippen LogP contribution in [0.1, 0.15) is 22.9 Å². The first-order valence-electron chi connectivity index (χ1n) is 14.3. The van der Waals surface area contributed by atoms with Crippen LogP contribution in [0.25, 0.3) is 22.8 Å². The lowest BCUT2D eigenvalue weighted by atomic mass is 10.2. The number of pyridine rings is 2. The van der Waals surface area contributed by atoms with Crippen LogP contribution in [0.5, 0.6) is 5.75 Å². The second-order valence-electron chi connectivity index (χ2n) is 10.5. The van der Waals surface area contributed by atoms with E-state index in [-0.39, 0.29) is 40.6 Å². The van der Waals surface area contributed by atoms with Crippen molar-refractivity contribution in [2.75, 3.05) is 0 Å². The lowest BCUT2D eigenvalue weighted by Gasteiger charge is -2.10. The van der Waals surface area contributed by atoms with E-state index in [9.17, 15) is 53.5 Å². The minimum absolute atomic E-state index is 0.0193. The lowest BCUT2D eigenvalue weighted by molar-refractivity contribution is -0.274. The molecule has 0 unspecified atom stereocenters. The van der Waals surface area contributed by atoms with Crippen molar-refractivity contribution in [3.05, 3.63) is 134 Å². The van der Waals surface area contributed by atoms with Crippen molar-refractivity contribution < 1.29 is 57.7 Å². The number of ether oxygens (including phenoxy) is 1. The van der Waals surface area contributed by atoms with Gasteiger partial charge in [0.2, 0.25) is 11.6 Å². The van der Waals surface area contributed by atoms with E-state index in [0.717, 1.165) is 30.3 Å². The zero-order valence-corrected chi connectivity index (χ0v) is 26.6. The van der Waals surface area contributed by atoms with Crippen LogP contribution in [0.15, 0.2) is 97.8 Å². The molecule has 0 atom stereocenters. The molecule has 278 valence electrons. The summed E-state index contributed by atoms with van der Waals surface area (Å²) in [5, 5.41) is 6.61. The van der Waals surface area contributed by atoms with Crippen molar-refractivity contribution in [3.63, 3.8) is 0 Å². The summed E-state index contributed by atoms with van der Waals surface area (Å²) < 4.78 is 139. The maximum Gasteiger partial charge on any atom is 0.573 e. The van der Waals surface area contributed by atoms with E-state index in [1.165, 1.54) is 57.9 Å². The van der Waals surface area contributed by atoms with Crippen LogP contribution in [0.2, 0.25) is 5.02 Å². The second-order valence-corrected chi connectivity index (χ2v) is 11.0. The average molecular weight is 779 g/mol. The van der Waals surface area contributed by atoms with Crippen molar-refractivity contribution in [2.24, 2.45) is 0 Å². The highest BCUT2D eigenvalue weighted by Crippen LogP contribution is 2.30. The number of halogens is 11. The lowest BCUT2D eigenvalue weighted by Crippen LogP contribution is -2.19. The minimum atomic E-state index is -4.81. The zero-order chi connectivity index (χ0) is 38.7. The molecule has 0 saturated carbocycles. The van der Waals surface area contributed by atoms with Gasteiger partial charge in [-0.05, 0) is 42.0 Å². The van der Waals surface area contributed by atoms with E-state index in [2.05, 4.69) is 34.1 Å². The van der Waals surface area contributed by atoms with Crippen LogP contribution in [0.4, 0.5) is 43.9 Å². The van der Waals surface area contributed by atoms with Gasteiger partial charge in [-0.2, -0.15) is 36.3 Å². The van der Waals surface area contributed by atoms with Crippen LogP contribution < -0.4 is 15.9 Å². The number of hydrogen-bond acceptors (Lipinski definition) is 9. The highest BCUT2D eigenvalue weighted by molar-refractivity contribution is 6.30. The molecule has 0 radical (unpaired) electrons. The maximum atomic E-state index is 13.8. The Morgan fingerprint density at radius 3 is 1.57 bits per heavy atom. The van der Waals surface area contributed by atoms with Crippen LogP contribution in [0.3, 0.4) is 0 Å². The SMILES string of the molecule is O=c1cc(-c2noc(C(F)(F)F)n2)ccn1Cc1ccc(Cl)cc1F.O=c1cc(-c2noc(C(F)(F)F)n2)ccn1Cc1ccc(OC(F)(F)F)cc1. The Labute approximate surface area is 292 Å². The first kappa shape index (κ1) is 38.2. The third kappa shape index (κ3) is 10.1. The smallest absolute Gasteiger partial charge is 0.406 e. The van der Waals surface area contributed by atoms with Gasteiger partial charge in [-0.1, -0.05) is 40.1 Å². The van der Waals surface area contributed by atoms with E-state index in [4.69, 9.17) is 11.6 Å². The molecule has 6 aromatic rings. The highest BCUT2D eigenvalue weighted by atomic mass is 35.5. The molecule has 0 spiro atoms. The van der Waals surface area contributed by atoms with Gasteiger partial charge in [0.25, 0.3) is 11.1 Å². The molecule has 4 aromatic heterocycles. The van der Waals surface area contributed by atoms with Gasteiger partial charge in [0, 0.05) is 46.2 Å². The van der Waals surface area contributed by atoms with Gasteiger partial charge in [-0.15, -0.1) is 13.2 Å². The molecule has 11 nitrogen and oxygen atoms in total. The van der Waals surface area contributed by atoms with Crippen molar-refractivity contribution >= 4 is 11.6 Å². The summed E-state index contributed by atoms with van der Waals surface area (Å²) in [7, 11) is 0. The van der Waals surface area contributed by atoms with Gasteiger partial charge in [-0.25, -0.2) is 4.39 Å². The third-order valence-electron chi connectivity index (χ3n) is 6.71. The normalized spacial score (nSPS) is 12.0. The van der Waals surface area contributed by atoms with Crippen molar-refractivity contribution in [1.82, 2.24) is 29.4 Å². The fraction of sp³-hybridized carbons (Fsp3) is 0.161. The topological polar surface area (TPSA) is 131 Å². The number of alkyl halides is 9. The van der Waals surface area contributed by atoms with Gasteiger partial charge in [0.15, 0.2) is 0 Å². The van der Waals surface area contributed by atoms with Gasteiger partial charge < -0.3 is 22.9 Å².